The zero-order valence-corrected chi connectivity index (χ0v) is 17.0. The molecule has 1 saturated heterocycles. The van der Waals surface area contributed by atoms with Crippen molar-refractivity contribution in [1.82, 2.24) is 15.0 Å². The van der Waals surface area contributed by atoms with Gasteiger partial charge in [0.15, 0.2) is 11.6 Å². The first-order chi connectivity index (χ1) is 15.0. The van der Waals surface area contributed by atoms with Gasteiger partial charge in [-0.2, -0.15) is 4.98 Å². The van der Waals surface area contributed by atoms with Gasteiger partial charge in [0.2, 0.25) is 5.95 Å². The maximum absolute atomic E-state index is 13.8. The molecule has 3 heterocycles. The largest absolute Gasteiger partial charge is 0.494 e. The van der Waals surface area contributed by atoms with Gasteiger partial charge in [-0.1, -0.05) is 6.07 Å². The van der Waals surface area contributed by atoms with E-state index in [0.717, 1.165) is 18.9 Å². The molecule has 0 bridgehead atoms. The van der Waals surface area contributed by atoms with Crippen molar-refractivity contribution in [2.75, 3.05) is 54.1 Å². The van der Waals surface area contributed by atoms with E-state index in [1.165, 1.54) is 31.5 Å². The summed E-state index contributed by atoms with van der Waals surface area (Å²) in [5.74, 6) is 0.449. The summed E-state index contributed by atoms with van der Waals surface area (Å²) in [6.45, 7) is 2.94. The van der Waals surface area contributed by atoms with Crippen molar-refractivity contribution in [3.05, 3.63) is 60.2 Å². The van der Waals surface area contributed by atoms with Crippen LogP contribution in [0.3, 0.4) is 0 Å². The fourth-order valence-corrected chi connectivity index (χ4v) is 3.33. The summed E-state index contributed by atoms with van der Waals surface area (Å²) in [6.07, 6.45) is 3.16. The van der Waals surface area contributed by atoms with Gasteiger partial charge in [-0.15, -0.1) is 0 Å². The van der Waals surface area contributed by atoms with Gasteiger partial charge in [-0.05, 0) is 24.3 Å². The predicted octanol–water partition coefficient (Wildman–Crippen LogP) is 2.18. The lowest BCUT2D eigenvalue weighted by Crippen LogP contribution is -2.47. The number of carbonyl (C=O) groups excluding carboxylic acids is 1. The third kappa shape index (κ3) is 4.47. The van der Waals surface area contributed by atoms with Crippen molar-refractivity contribution in [1.29, 1.82) is 0 Å². The second-order valence-corrected chi connectivity index (χ2v) is 6.93. The summed E-state index contributed by atoms with van der Waals surface area (Å²) >= 11 is 0. The number of nitrogen functional groups attached to an aromatic ring is 1. The van der Waals surface area contributed by atoms with Crippen LogP contribution in [-0.2, 0) is 0 Å². The van der Waals surface area contributed by atoms with E-state index in [0.29, 0.717) is 19.0 Å². The Morgan fingerprint density at radius 1 is 1.13 bits per heavy atom. The number of amides is 1. The fraction of sp³-hybridized carbons (Fsp3) is 0.238. The Morgan fingerprint density at radius 3 is 2.55 bits per heavy atom. The first-order valence-corrected chi connectivity index (χ1v) is 9.73. The lowest BCUT2D eigenvalue weighted by molar-refractivity contribution is 0.102. The second kappa shape index (κ2) is 8.82. The normalized spacial score (nSPS) is 13.7. The number of benzene rings is 1. The number of halogens is 1. The van der Waals surface area contributed by atoms with Gasteiger partial charge in [-0.3, -0.25) is 4.79 Å². The third-order valence-electron chi connectivity index (χ3n) is 5.00. The van der Waals surface area contributed by atoms with Gasteiger partial charge in [0.1, 0.15) is 17.2 Å². The minimum absolute atomic E-state index is 0.0589. The van der Waals surface area contributed by atoms with E-state index in [1.807, 2.05) is 23.1 Å². The van der Waals surface area contributed by atoms with E-state index in [1.54, 1.807) is 6.20 Å². The molecule has 31 heavy (non-hydrogen) atoms. The highest BCUT2D eigenvalue weighted by atomic mass is 19.1. The van der Waals surface area contributed by atoms with Crippen LogP contribution in [0, 0.1) is 5.82 Å². The number of pyridine rings is 1. The molecule has 10 heteroatoms. The van der Waals surface area contributed by atoms with Crippen LogP contribution in [0.25, 0.3) is 0 Å². The molecule has 0 saturated carbocycles. The maximum Gasteiger partial charge on any atom is 0.260 e. The van der Waals surface area contributed by atoms with Gasteiger partial charge in [0.25, 0.3) is 5.91 Å². The monoisotopic (exact) mass is 423 g/mol. The standard InChI is InChI=1S/C21H22FN7O2/c1-31-17-6-5-14(12-16(17)22)26-20(30)15-13-25-21(27-19(15)23)29-10-8-28(9-11-29)18-4-2-3-7-24-18/h2-7,12-13H,8-11H2,1H3,(H,26,30)(H2,23,25,27). The molecule has 0 atom stereocenters. The Kier molecular flexibility index (Phi) is 5.78. The fourth-order valence-electron chi connectivity index (χ4n) is 3.33. The number of carbonyl (C=O) groups is 1. The third-order valence-corrected chi connectivity index (χ3v) is 5.00. The number of methoxy groups -OCH3 is 1. The van der Waals surface area contributed by atoms with Crippen molar-refractivity contribution in [3.63, 3.8) is 0 Å². The molecule has 1 amide bonds. The summed E-state index contributed by atoms with van der Waals surface area (Å²) < 4.78 is 18.7. The van der Waals surface area contributed by atoms with E-state index >= 15 is 0 Å². The number of hydrogen-bond donors (Lipinski definition) is 2. The zero-order chi connectivity index (χ0) is 21.8. The van der Waals surface area contributed by atoms with E-state index in [-0.39, 0.29) is 22.8 Å². The minimum Gasteiger partial charge on any atom is -0.494 e. The molecule has 1 aromatic carbocycles. The molecule has 0 radical (unpaired) electrons. The number of rotatable bonds is 5. The Morgan fingerprint density at radius 2 is 1.90 bits per heavy atom. The van der Waals surface area contributed by atoms with E-state index in [9.17, 15) is 9.18 Å². The molecule has 1 aliphatic rings. The average molecular weight is 423 g/mol. The van der Waals surface area contributed by atoms with Crippen LogP contribution in [0.1, 0.15) is 10.4 Å². The highest BCUT2D eigenvalue weighted by Crippen LogP contribution is 2.22. The van der Waals surface area contributed by atoms with E-state index < -0.39 is 11.7 Å². The number of nitrogens with zero attached hydrogens (tertiary/aromatic N) is 5. The van der Waals surface area contributed by atoms with Gasteiger partial charge in [-0.25, -0.2) is 14.4 Å². The SMILES string of the molecule is COc1ccc(NC(=O)c2cnc(N3CCN(c4ccccn4)CC3)nc2N)cc1F. The average Bonchev–Trinajstić information content (AvgIpc) is 2.80. The van der Waals surface area contributed by atoms with Crippen molar-refractivity contribution < 1.29 is 13.9 Å². The van der Waals surface area contributed by atoms with Crippen LogP contribution >= 0.6 is 0 Å². The summed E-state index contributed by atoms with van der Waals surface area (Å²) in [5.41, 5.74) is 6.42. The minimum atomic E-state index is -0.579. The number of hydrogen-bond acceptors (Lipinski definition) is 8. The molecule has 3 N–H and O–H groups in total. The molecular weight excluding hydrogens is 401 g/mol. The van der Waals surface area contributed by atoms with Crippen molar-refractivity contribution >= 4 is 29.2 Å². The van der Waals surface area contributed by atoms with Crippen molar-refractivity contribution in [2.24, 2.45) is 0 Å². The Balaban J connectivity index is 1.41. The molecule has 9 nitrogen and oxygen atoms in total. The highest BCUT2D eigenvalue weighted by Gasteiger charge is 2.21. The summed E-state index contributed by atoms with van der Waals surface area (Å²) in [4.78, 5) is 29.7. The zero-order valence-electron chi connectivity index (χ0n) is 17.0. The molecule has 1 aliphatic heterocycles. The van der Waals surface area contributed by atoms with Crippen molar-refractivity contribution in [3.8, 4) is 5.75 Å². The van der Waals surface area contributed by atoms with Gasteiger partial charge in [0.05, 0.1) is 7.11 Å². The number of piperazine rings is 1. The Hall–Kier alpha value is -3.95. The molecule has 2 aromatic heterocycles. The van der Waals surface area contributed by atoms with E-state index in [2.05, 4.69) is 25.2 Å². The molecule has 1 fully saturated rings. The van der Waals surface area contributed by atoms with Crippen LogP contribution in [0.15, 0.2) is 48.8 Å². The molecule has 0 aliphatic carbocycles. The quantitative estimate of drug-likeness (QED) is 0.643. The number of ether oxygens (including phenoxy) is 1. The van der Waals surface area contributed by atoms with Crippen molar-refractivity contribution in [2.45, 2.75) is 0 Å². The Labute approximate surface area is 178 Å². The Bertz CT molecular complexity index is 1070. The summed E-state index contributed by atoms with van der Waals surface area (Å²) in [7, 11) is 1.37. The topological polar surface area (TPSA) is 110 Å². The lowest BCUT2D eigenvalue weighted by Gasteiger charge is -2.35. The second-order valence-electron chi connectivity index (χ2n) is 6.93. The predicted molar refractivity (Wildman–Crippen MR) is 116 cm³/mol. The number of aromatic nitrogens is 3. The molecule has 4 rings (SSSR count). The van der Waals surface area contributed by atoms with Crippen LogP contribution in [0.5, 0.6) is 5.75 Å². The summed E-state index contributed by atoms with van der Waals surface area (Å²) in [5, 5.41) is 2.59. The molecule has 160 valence electrons. The van der Waals surface area contributed by atoms with Crippen LogP contribution in [-0.4, -0.2) is 54.1 Å². The van der Waals surface area contributed by atoms with Crippen LogP contribution < -0.4 is 25.6 Å². The van der Waals surface area contributed by atoms with Gasteiger partial charge in [0, 0.05) is 50.3 Å². The van der Waals surface area contributed by atoms with Crippen LogP contribution in [0.4, 0.5) is 27.7 Å². The number of anilines is 4. The van der Waals surface area contributed by atoms with Gasteiger partial charge >= 0.3 is 0 Å². The first-order valence-electron chi connectivity index (χ1n) is 9.73. The maximum atomic E-state index is 13.8. The van der Waals surface area contributed by atoms with Gasteiger partial charge < -0.3 is 25.6 Å². The molecule has 0 unspecified atom stereocenters. The first kappa shape index (κ1) is 20.3. The highest BCUT2D eigenvalue weighted by molar-refractivity contribution is 6.07. The lowest BCUT2D eigenvalue weighted by atomic mass is 10.2. The van der Waals surface area contributed by atoms with E-state index in [4.69, 9.17) is 10.5 Å². The smallest absolute Gasteiger partial charge is 0.260 e. The molecule has 3 aromatic rings. The summed E-state index contributed by atoms with van der Waals surface area (Å²) in [6, 6.07) is 9.96. The number of nitrogens with one attached hydrogen (secondary N) is 1. The molecular formula is C21H22FN7O2. The van der Waals surface area contributed by atoms with Crippen LogP contribution in [0.2, 0.25) is 0 Å². The number of nitrogens with two attached hydrogens (primary N) is 1. The molecule has 0 spiro atoms.